The van der Waals surface area contributed by atoms with Gasteiger partial charge in [0.2, 0.25) is 0 Å². The van der Waals surface area contributed by atoms with Gasteiger partial charge < -0.3 is 0 Å². The molecular formula is C18H14N4. The molecular weight excluding hydrogens is 272 g/mol. The van der Waals surface area contributed by atoms with Gasteiger partial charge in [-0.1, -0.05) is 18.2 Å². The summed E-state index contributed by atoms with van der Waals surface area (Å²) >= 11 is 0. The lowest BCUT2D eigenvalue weighted by atomic mass is 10.0. The van der Waals surface area contributed by atoms with Crippen LogP contribution < -0.4 is 0 Å². The second-order valence-electron chi connectivity index (χ2n) is 5.91. The Morgan fingerprint density at radius 3 is 2.95 bits per heavy atom. The molecule has 1 aliphatic carbocycles. The SMILES string of the molecule is c1cc2cc([C@H]3C[C@@H]3c3ccnn4ccnc34)ccc2cn1. The van der Waals surface area contributed by atoms with E-state index in [1.54, 1.807) is 0 Å². The molecule has 4 nitrogen and oxygen atoms in total. The Bertz CT molecular complexity index is 988. The molecule has 0 aliphatic heterocycles. The molecule has 1 aromatic carbocycles. The van der Waals surface area contributed by atoms with Gasteiger partial charge in [-0.25, -0.2) is 9.50 Å². The molecule has 4 aromatic rings. The number of hydrogen-bond acceptors (Lipinski definition) is 3. The molecule has 0 unspecified atom stereocenters. The van der Waals surface area contributed by atoms with Gasteiger partial charge in [0.05, 0.1) is 0 Å². The van der Waals surface area contributed by atoms with Crippen molar-refractivity contribution in [3.63, 3.8) is 0 Å². The Kier molecular flexibility index (Phi) is 2.36. The first-order valence-corrected chi connectivity index (χ1v) is 7.52. The molecule has 0 radical (unpaired) electrons. The standard InChI is InChI=1S/C18H14N4/c1-2-14-11-19-5-3-12(14)9-13(1)16-10-17(16)15-4-6-21-22-8-7-20-18(15)22/h1-9,11,16-17H,10H2/t16-,17-/m1/s1. The third-order valence-corrected chi connectivity index (χ3v) is 4.61. The van der Waals surface area contributed by atoms with Crippen LogP contribution >= 0.6 is 0 Å². The topological polar surface area (TPSA) is 43.1 Å². The molecule has 2 atom stereocenters. The zero-order valence-electron chi connectivity index (χ0n) is 11.9. The molecule has 0 bridgehead atoms. The van der Waals surface area contributed by atoms with Gasteiger partial charge in [-0.2, -0.15) is 5.10 Å². The summed E-state index contributed by atoms with van der Waals surface area (Å²) in [4.78, 5) is 8.63. The number of aromatic nitrogens is 4. The summed E-state index contributed by atoms with van der Waals surface area (Å²) in [6.07, 6.45) is 10.5. The maximum Gasteiger partial charge on any atom is 0.156 e. The fraction of sp³-hybridized carbons (Fsp3) is 0.167. The first kappa shape index (κ1) is 11.9. The van der Waals surface area contributed by atoms with Gasteiger partial charge >= 0.3 is 0 Å². The predicted molar refractivity (Wildman–Crippen MR) is 84.8 cm³/mol. The zero-order chi connectivity index (χ0) is 14.5. The minimum atomic E-state index is 0.548. The Hall–Kier alpha value is -2.75. The second kappa shape index (κ2) is 4.37. The minimum absolute atomic E-state index is 0.548. The number of pyridine rings is 1. The van der Waals surface area contributed by atoms with E-state index in [-0.39, 0.29) is 0 Å². The third kappa shape index (κ3) is 1.73. The second-order valence-corrected chi connectivity index (χ2v) is 5.91. The fourth-order valence-electron chi connectivity index (χ4n) is 3.39. The van der Waals surface area contributed by atoms with E-state index in [9.17, 15) is 0 Å². The maximum atomic E-state index is 4.45. The van der Waals surface area contributed by atoms with Crippen LogP contribution in [-0.2, 0) is 0 Å². The van der Waals surface area contributed by atoms with Crippen molar-refractivity contribution in [1.29, 1.82) is 0 Å². The Morgan fingerprint density at radius 2 is 1.95 bits per heavy atom. The number of benzene rings is 1. The van der Waals surface area contributed by atoms with Crippen molar-refractivity contribution in [3.8, 4) is 0 Å². The van der Waals surface area contributed by atoms with E-state index in [4.69, 9.17) is 0 Å². The summed E-state index contributed by atoms with van der Waals surface area (Å²) in [6, 6.07) is 10.9. The molecule has 0 spiro atoms. The van der Waals surface area contributed by atoms with Crippen molar-refractivity contribution in [3.05, 3.63) is 72.4 Å². The van der Waals surface area contributed by atoms with Crippen LogP contribution in [0.1, 0.15) is 29.4 Å². The Balaban J connectivity index is 1.54. The van der Waals surface area contributed by atoms with Gasteiger partial charge in [0, 0.05) is 41.9 Å². The number of rotatable bonds is 2. The lowest BCUT2D eigenvalue weighted by Gasteiger charge is -2.04. The molecule has 4 heteroatoms. The van der Waals surface area contributed by atoms with Gasteiger partial charge in [-0.05, 0) is 41.3 Å². The number of fused-ring (bicyclic) bond motifs is 2. The monoisotopic (exact) mass is 286 g/mol. The third-order valence-electron chi connectivity index (χ3n) is 4.61. The zero-order valence-corrected chi connectivity index (χ0v) is 11.9. The Morgan fingerprint density at radius 1 is 0.955 bits per heavy atom. The van der Waals surface area contributed by atoms with Crippen LogP contribution in [-0.4, -0.2) is 19.6 Å². The number of imidazole rings is 1. The normalized spacial score (nSPS) is 20.5. The van der Waals surface area contributed by atoms with E-state index in [0.29, 0.717) is 11.8 Å². The average Bonchev–Trinajstić information content (AvgIpc) is 3.22. The molecule has 106 valence electrons. The van der Waals surface area contributed by atoms with E-state index in [2.05, 4.69) is 45.4 Å². The average molecular weight is 286 g/mol. The van der Waals surface area contributed by atoms with E-state index >= 15 is 0 Å². The lowest BCUT2D eigenvalue weighted by molar-refractivity contribution is 0.905. The highest BCUT2D eigenvalue weighted by atomic mass is 15.2. The molecule has 22 heavy (non-hydrogen) atoms. The first-order chi connectivity index (χ1) is 10.9. The van der Waals surface area contributed by atoms with E-state index in [1.165, 1.54) is 28.3 Å². The summed E-state index contributed by atoms with van der Waals surface area (Å²) in [5.74, 6) is 1.13. The fourth-order valence-corrected chi connectivity index (χ4v) is 3.39. The number of nitrogens with zero attached hydrogens (tertiary/aromatic N) is 4. The first-order valence-electron chi connectivity index (χ1n) is 7.52. The van der Waals surface area contributed by atoms with Crippen molar-refractivity contribution in [2.45, 2.75) is 18.3 Å². The van der Waals surface area contributed by atoms with E-state index in [0.717, 1.165) is 5.65 Å². The Labute approximate surface area is 127 Å². The summed E-state index contributed by atoms with van der Waals surface area (Å²) in [7, 11) is 0. The van der Waals surface area contributed by atoms with Crippen molar-refractivity contribution < 1.29 is 0 Å². The smallest absolute Gasteiger partial charge is 0.156 e. The highest BCUT2D eigenvalue weighted by Gasteiger charge is 2.40. The largest absolute Gasteiger partial charge is 0.264 e. The van der Waals surface area contributed by atoms with Crippen molar-refractivity contribution in [2.24, 2.45) is 0 Å². The highest BCUT2D eigenvalue weighted by molar-refractivity contribution is 5.82. The van der Waals surface area contributed by atoms with Crippen LogP contribution in [0.3, 0.4) is 0 Å². The maximum absolute atomic E-state index is 4.45. The van der Waals surface area contributed by atoms with Gasteiger partial charge in [-0.3, -0.25) is 4.98 Å². The number of hydrogen-bond donors (Lipinski definition) is 0. The molecule has 0 N–H and O–H groups in total. The highest BCUT2D eigenvalue weighted by Crippen LogP contribution is 2.55. The molecule has 3 aromatic heterocycles. The van der Waals surface area contributed by atoms with Crippen LogP contribution in [0, 0.1) is 0 Å². The molecule has 0 amide bonds. The van der Waals surface area contributed by atoms with Crippen LogP contribution in [0.4, 0.5) is 0 Å². The molecule has 3 heterocycles. The minimum Gasteiger partial charge on any atom is -0.264 e. The quantitative estimate of drug-likeness (QED) is 0.566. The van der Waals surface area contributed by atoms with Gasteiger partial charge in [0.15, 0.2) is 5.65 Å². The molecule has 1 fully saturated rings. The van der Waals surface area contributed by atoms with Crippen molar-refractivity contribution >= 4 is 16.4 Å². The molecule has 5 rings (SSSR count). The van der Waals surface area contributed by atoms with E-state index in [1.807, 2.05) is 35.5 Å². The van der Waals surface area contributed by atoms with Crippen LogP contribution in [0.25, 0.3) is 16.4 Å². The predicted octanol–water partition coefficient (Wildman–Crippen LogP) is 3.55. The van der Waals surface area contributed by atoms with Crippen LogP contribution in [0.5, 0.6) is 0 Å². The molecule has 1 saturated carbocycles. The van der Waals surface area contributed by atoms with Gasteiger partial charge in [-0.15, -0.1) is 0 Å². The van der Waals surface area contributed by atoms with Crippen molar-refractivity contribution in [1.82, 2.24) is 19.6 Å². The van der Waals surface area contributed by atoms with Gasteiger partial charge in [0.25, 0.3) is 0 Å². The van der Waals surface area contributed by atoms with Crippen LogP contribution in [0.15, 0.2) is 61.3 Å². The lowest BCUT2D eigenvalue weighted by Crippen LogP contribution is -1.95. The van der Waals surface area contributed by atoms with Gasteiger partial charge in [0.1, 0.15) is 0 Å². The summed E-state index contributed by atoms with van der Waals surface area (Å²) in [6.45, 7) is 0. The van der Waals surface area contributed by atoms with Crippen molar-refractivity contribution in [2.75, 3.05) is 0 Å². The summed E-state index contributed by atoms with van der Waals surface area (Å²) in [5.41, 5.74) is 3.70. The van der Waals surface area contributed by atoms with E-state index < -0.39 is 0 Å². The molecule has 1 aliphatic rings. The molecule has 0 saturated heterocycles. The van der Waals surface area contributed by atoms with Crippen LogP contribution in [0.2, 0.25) is 0 Å². The summed E-state index contributed by atoms with van der Waals surface area (Å²) in [5, 5.41) is 6.76. The summed E-state index contributed by atoms with van der Waals surface area (Å²) < 4.78 is 1.86.